The predicted molar refractivity (Wildman–Crippen MR) is 30.7 cm³/mol. The first-order chi connectivity index (χ1) is 4.09. The van der Waals surface area contributed by atoms with Crippen molar-refractivity contribution in [3.05, 3.63) is 0 Å². The zero-order chi connectivity index (χ0) is 7.44. The summed E-state index contributed by atoms with van der Waals surface area (Å²) in [6.07, 6.45) is 0. The summed E-state index contributed by atoms with van der Waals surface area (Å²) < 4.78 is 4.19. The Morgan fingerprint density at radius 1 is 1.56 bits per heavy atom. The van der Waals surface area contributed by atoms with Crippen LogP contribution in [0, 0.1) is 0 Å². The maximum absolute atomic E-state index is 10.4. The Balaban J connectivity index is 3.88. The van der Waals surface area contributed by atoms with E-state index in [9.17, 15) is 9.59 Å². The summed E-state index contributed by atoms with van der Waals surface area (Å²) >= 11 is 0. The molecule has 0 heterocycles. The first-order valence-corrected chi connectivity index (χ1v) is 2.43. The molecule has 0 fully saturated rings. The van der Waals surface area contributed by atoms with Crippen molar-refractivity contribution >= 4 is 11.8 Å². The van der Waals surface area contributed by atoms with Crippen LogP contribution in [-0.2, 0) is 14.3 Å². The number of ketones is 1. The Morgan fingerprint density at radius 2 is 2.00 bits per heavy atom. The summed E-state index contributed by atoms with van der Waals surface area (Å²) in [7, 11) is 1.19. The molecule has 0 aromatic rings. The van der Waals surface area contributed by atoms with Gasteiger partial charge in [-0.1, -0.05) is 0 Å². The fraction of sp³-hybridized carbons (Fsp3) is 0.600. The lowest BCUT2D eigenvalue weighted by Gasteiger charge is -2.02. The minimum Gasteiger partial charge on any atom is -0.468 e. The van der Waals surface area contributed by atoms with Gasteiger partial charge in [-0.15, -0.1) is 0 Å². The van der Waals surface area contributed by atoms with Gasteiger partial charge in [0.05, 0.1) is 7.11 Å². The van der Waals surface area contributed by atoms with Gasteiger partial charge in [-0.3, -0.25) is 4.79 Å². The molecule has 0 unspecified atom stereocenters. The first-order valence-electron chi connectivity index (χ1n) is 2.43. The Hall–Kier alpha value is -0.900. The van der Waals surface area contributed by atoms with Gasteiger partial charge in [0.15, 0.2) is 11.8 Å². The molecule has 0 bridgehead atoms. The zero-order valence-electron chi connectivity index (χ0n) is 5.38. The highest BCUT2D eigenvalue weighted by Gasteiger charge is 2.17. The quantitative estimate of drug-likeness (QED) is 0.388. The minimum absolute atomic E-state index is 0.387. The molecule has 0 spiro atoms. The van der Waals surface area contributed by atoms with E-state index in [0.29, 0.717) is 0 Å². The van der Waals surface area contributed by atoms with Crippen LogP contribution in [0.25, 0.3) is 0 Å². The number of hydrogen-bond acceptors (Lipinski definition) is 4. The summed E-state index contributed by atoms with van der Waals surface area (Å²) in [5, 5.41) is 0. The van der Waals surface area contributed by atoms with E-state index >= 15 is 0 Å². The molecule has 4 heteroatoms. The summed E-state index contributed by atoms with van der Waals surface area (Å²) in [5.41, 5.74) is 5.05. The fourth-order valence-electron chi connectivity index (χ4n) is 0.293. The highest BCUT2D eigenvalue weighted by Crippen LogP contribution is 1.83. The van der Waals surface area contributed by atoms with Crippen LogP contribution < -0.4 is 5.73 Å². The van der Waals surface area contributed by atoms with E-state index in [1.54, 1.807) is 0 Å². The molecule has 1 atom stereocenters. The average molecular weight is 131 g/mol. The third-order valence-corrected chi connectivity index (χ3v) is 0.893. The Kier molecular flexibility index (Phi) is 2.87. The highest BCUT2D eigenvalue weighted by molar-refractivity contribution is 6.01. The van der Waals surface area contributed by atoms with E-state index in [2.05, 4.69) is 4.74 Å². The molecule has 0 rings (SSSR count). The van der Waals surface area contributed by atoms with E-state index in [1.807, 2.05) is 0 Å². The molecule has 2 N–H and O–H groups in total. The third-order valence-electron chi connectivity index (χ3n) is 0.893. The standard InChI is InChI=1S/C5H9NO3/c1-3(7)4(6)5(8)9-2/h4H,6H2,1-2H3/t4-/m0/s1. The SMILES string of the molecule is COC(=O)[C@@H](N)C(C)=O. The van der Waals surface area contributed by atoms with Crippen LogP contribution >= 0.6 is 0 Å². The van der Waals surface area contributed by atoms with Gasteiger partial charge in [0, 0.05) is 0 Å². The summed E-state index contributed by atoms with van der Waals surface area (Å²) in [5.74, 6) is -1.08. The van der Waals surface area contributed by atoms with Crippen molar-refractivity contribution in [3.63, 3.8) is 0 Å². The molecule has 0 amide bonds. The second-order valence-corrected chi connectivity index (χ2v) is 1.61. The second kappa shape index (κ2) is 3.19. The monoisotopic (exact) mass is 131 g/mol. The molecule has 52 valence electrons. The van der Waals surface area contributed by atoms with E-state index in [0.717, 1.165) is 0 Å². The van der Waals surface area contributed by atoms with Gasteiger partial charge in [0.1, 0.15) is 0 Å². The van der Waals surface area contributed by atoms with E-state index in [1.165, 1.54) is 14.0 Å². The summed E-state index contributed by atoms with van der Waals surface area (Å²) in [6, 6.07) is -1.12. The number of esters is 1. The Labute approximate surface area is 53.0 Å². The van der Waals surface area contributed by atoms with Gasteiger partial charge >= 0.3 is 5.97 Å². The average Bonchev–Trinajstić information content (AvgIpc) is 1.84. The number of ether oxygens (including phenoxy) is 1. The molecular formula is C5H9NO3. The summed E-state index contributed by atoms with van der Waals surface area (Å²) in [4.78, 5) is 20.7. The first kappa shape index (κ1) is 8.10. The van der Waals surface area contributed by atoms with E-state index in [-0.39, 0.29) is 5.78 Å². The molecule has 0 aliphatic carbocycles. The number of hydrogen-bond donors (Lipinski definition) is 1. The van der Waals surface area contributed by atoms with Crippen molar-refractivity contribution in [1.29, 1.82) is 0 Å². The maximum atomic E-state index is 10.4. The number of nitrogens with two attached hydrogens (primary N) is 1. The number of carbonyl (C=O) groups excluding carboxylic acids is 2. The smallest absolute Gasteiger partial charge is 0.330 e. The minimum atomic E-state index is -1.12. The molecule has 0 radical (unpaired) electrons. The molecular weight excluding hydrogens is 122 g/mol. The van der Waals surface area contributed by atoms with E-state index < -0.39 is 12.0 Å². The van der Waals surface area contributed by atoms with Gasteiger partial charge < -0.3 is 10.5 Å². The van der Waals surface area contributed by atoms with Crippen LogP contribution in [0.1, 0.15) is 6.92 Å². The van der Waals surface area contributed by atoms with Crippen LogP contribution in [0.5, 0.6) is 0 Å². The fourth-order valence-corrected chi connectivity index (χ4v) is 0.293. The molecule has 0 aromatic carbocycles. The van der Waals surface area contributed by atoms with Gasteiger partial charge in [-0.25, -0.2) is 4.79 Å². The van der Waals surface area contributed by atoms with Crippen molar-refractivity contribution in [1.82, 2.24) is 0 Å². The lowest BCUT2D eigenvalue weighted by atomic mass is 10.2. The molecule has 0 aliphatic heterocycles. The molecule has 0 saturated heterocycles. The zero-order valence-corrected chi connectivity index (χ0v) is 5.38. The number of rotatable bonds is 2. The van der Waals surface area contributed by atoms with Crippen molar-refractivity contribution in [2.75, 3.05) is 7.11 Å². The molecule has 4 nitrogen and oxygen atoms in total. The lowest BCUT2D eigenvalue weighted by molar-refractivity contribution is -0.144. The topological polar surface area (TPSA) is 69.4 Å². The second-order valence-electron chi connectivity index (χ2n) is 1.61. The van der Waals surface area contributed by atoms with Crippen LogP contribution in [0.4, 0.5) is 0 Å². The lowest BCUT2D eigenvalue weighted by Crippen LogP contribution is -2.37. The Bertz CT molecular complexity index is 132. The van der Waals surface area contributed by atoms with Gasteiger partial charge in [-0.2, -0.15) is 0 Å². The molecule has 0 aromatic heterocycles. The Morgan fingerprint density at radius 3 is 2.11 bits per heavy atom. The van der Waals surface area contributed by atoms with Crippen LogP contribution in [0.15, 0.2) is 0 Å². The highest BCUT2D eigenvalue weighted by atomic mass is 16.5. The largest absolute Gasteiger partial charge is 0.468 e. The van der Waals surface area contributed by atoms with Crippen molar-refractivity contribution in [3.8, 4) is 0 Å². The number of Topliss-reactive ketones (excluding diaryl/α,β-unsaturated/α-hetero) is 1. The van der Waals surface area contributed by atoms with Crippen LogP contribution in [0.3, 0.4) is 0 Å². The third kappa shape index (κ3) is 2.23. The number of methoxy groups -OCH3 is 1. The van der Waals surface area contributed by atoms with Crippen LogP contribution in [-0.4, -0.2) is 24.9 Å². The molecule has 0 aliphatic rings. The van der Waals surface area contributed by atoms with Crippen molar-refractivity contribution < 1.29 is 14.3 Å². The predicted octanol–water partition coefficient (Wildman–Crippen LogP) is -0.924. The van der Waals surface area contributed by atoms with Crippen molar-refractivity contribution in [2.45, 2.75) is 13.0 Å². The van der Waals surface area contributed by atoms with Crippen molar-refractivity contribution in [2.24, 2.45) is 5.73 Å². The van der Waals surface area contributed by atoms with Crippen LogP contribution in [0.2, 0.25) is 0 Å². The van der Waals surface area contributed by atoms with Gasteiger partial charge in [0.25, 0.3) is 0 Å². The number of carbonyl (C=O) groups is 2. The van der Waals surface area contributed by atoms with Gasteiger partial charge in [0.2, 0.25) is 0 Å². The van der Waals surface area contributed by atoms with E-state index in [4.69, 9.17) is 5.73 Å². The molecule has 0 saturated carbocycles. The maximum Gasteiger partial charge on any atom is 0.330 e. The molecule has 9 heavy (non-hydrogen) atoms. The van der Waals surface area contributed by atoms with Gasteiger partial charge in [-0.05, 0) is 6.92 Å². The normalized spacial score (nSPS) is 12.3. The summed E-state index contributed by atoms with van der Waals surface area (Å²) in [6.45, 7) is 1.24.